The molecular formula is C9H14N6O3. The van der Waals surface area contributed by atoms with Gasteiger partial charge in [-0.15, -0.1) is 5.10 Å². The molecule has 1 fully saturated rings. The first-order chi connectivity index (χ1) is 8.66. The van der Waals surface area contributed by atoms with Crippen molar-refractivity contribution in [2.45, 2.75) is 0 Å². The zero-order valence-corrected chi connectivity index (χ0v) is 9.65. The number of carbonyl (C=O) groups excluding carboxylic acids is 1. The van der Waals surface area contributed by atoms with E-state index < -0.39 is 11.2 Å². The second kappa shape index (κ2) is 5.45. The molecule has 0 aliphatic carbocycles. The van der Waals surface area contributed by atoms with Crippen molar-refractivity contribution in [2.24, 2.45) is 0 Å². The van der Waals surface area contributed by atoms with Crippen molar-refractivity contribution in [2.75, 3.05) is 38.0 Å². The Kier molecular flexibility index (Phi) is 3.72. The molecule has 9 nitrogen and oxygen atoms in total. The third-order valence-electron chi connectivity index (χ3n) is 2.59. The van der Waals surface area contributed by atoms with Crippen LogP contribution >= 0.6 is 0 Å². The van der Waals surface area contributed by atoms with Crippen LogP contribution in [0.15, 0.2) is 9.59 Å². The Morgan fingerprint density at radius 1 is 1.33 bits per heavy atom. The van der Waals surface area contributed by atoms with Gasteiger partial charge in [0.25, 0.3) is 5.56 Å². The Morgan fingerprint density at radius 2 is 2.06 bits per heavy atom. The third-order valence-corrected chi connectivity index (χ3v) is 2.59. The Morgan fingerprint density at radius 3 is 2.72 bits per heavy atom. The summed E-state index contributed by atoms with van der Waals surface area (Å²) < 4.78 is 0. The standard InChI is InChI=1S/C9H14N6O3/c16-6(15-3-1-10-2-4-15)5-11-7-8(17)12-9(18)14-13-7/h10H,1-5H2,(H,11,13)(H2,12,14,17,18). The second-order valence-corrected chi connectivity index (χ2v) is 3.84. The Labute approximate surface area is 102 Å². The number of nitrogens with one attached hydrogen (secondary N) is 4. The predicted molar refractivity (Wildman–Crippen MR) is 63.4 cm³/mol. The molecule has 4 N–H and O–H groups in total. The highest BCUT2D eigenvalue weighted by molar-refractivity contribution is 5.80. The molecule has 1 aliphatic rings. The Bertz CT molecular complexity index is 530. The van der Waals surface area contributed by atoms with Gasteiger partial charge in [0.15, 0.2) is 0 Å². The van der Waals surface area contributed by atoms with Gasteiger partial charge >= 0.3 is 5.69 Å². The number of piperazine rings is 1. The summed E-state index contributed by atoms with van der Waals surface area (Å²) in [7, 11) is 0. The number of aromatic nitrogens is 3. The van der Waals surface area contributed by atoms with Crippen molar-refractivity contribution in [3.8, 4) is 0 Å². The molecule has 1 saturated heterocycles. The largest absolute Gasteiger partial charge is 0.355 e. The van der Waals surface area contributed by atoms with E-state index in [0.717, 1.165) is 13.1 Å². The van der Waals surface area contributed by atoms with Crippen molar-refractivity contribution < 1.29 is 4.79 Å². The molecule has 98 valence electrons. The van der Waals surface area contributed by atoms with Crippen LogP contribution in [0.1, 0.15) is 0 Å². The van der Waals surface area contributed by atoms with Gasteiger partial charge in [0.1, 0.15) is 0 Å². The van der Waals surface area contributed by atoms with E-state index in [9.17, 15) is 14.4 Å². The molecule has 18 heavy (non-hydrogen) atoms. The van der Waals surface area contributed by atoms with Gasteiger partial charge in [-0.05, 0) is 0 Å². The number of nitrogens with zero attached hydrogens (tertiary/aromatic N) is 2. The number of hydrogen-bond acceptors (Lipinski definition) is 6. The molecule has 0 atom stereocenters. The quantitative estimate of drug-likeness (QED) is 0.465. The summed E-state index contributed by atoms with van der Waals surface area (Å²) >= 11 is 0. The lowest BCUT2D eigenvalue weighted by molar-refractivity contribution is -0.129. The number of hydrogen-bond donors (Lipinski definition) is 4. The zero-order valence-electron chi connectivity index (χ0n) is 9.65. The maximum Gasteiger partial charge on any atom is 0.342 e. The van der Waals surface area contributed by atoms with Gasteiger partial charge in [-0.3, -0.25) is 14.6 Å². The van der Waals surface area contributed by atoms with E-state index in [2.05, 4.69) is 20.8 Å². The van der Waals surface area contributed by atoms with E-state index in [1.54, 1.807) is 4.90 Å². The fourth-order valence-corrected chi connectivity index (χ4v) is 1.65. The van der Waals surface area contributed by atoms with Crippen LogP contribution in [0.25, 0.3) is 0 Å². The summed E-state index contributed by atoms with van der Waals surface area (Å²) in [6, 6.07) is 0. The van der Waals surface area contributed by atoms with Crippen LogP contribution in [-0.4, -0.2) is 58.7 Å². The first kappa shape index (κ1) is 12.3. The van der Waals surface area contributed by atoms with Crippen LogP contribution in [0.3, 0.4) is 0 Å². The van der Waals surface area contributed by atoms with Crippen LogP contribution < -0.4 is 21.9 Å². The lowest BCUT2D eigenvalue weighted by Gasteiger charge is -2.27. The van der Waals surface area contributed by atoms with E-state index in [-0.39, 0.29) is 18.3 Å². The molecule has 9 heteroatoms. The minimum absolute atomic E-state index is 0.0257. The molecule has 0 bridgehead atoms. The number of H-pyrrole nitrogens is 2. The van der Waals surface area contributed by atoms with Gasteiger partial charge in [-0.25, -0.2) is 9.89 Å². The molecule has 0 aromatic carbocycles. The number of aromatic amines is 2. The maximum absolute atomic E-state index is 11.8. The number of rotatable bonds is 3. The van der Waals surface area contributed by atoms with E-state index in [1.807, 2.05) is 4.98 Å². The molecule has 0 spiro atoms. The first-order valence-electron chi connectivity index (χ1n) is 5.58. The van der Waals surface area contributed by atoms with Crippen LogP contribution in [0, 0.1) is 0 Å². The monoisotopic (exact) mass is 254 g/mol. The van der Waals surface area contributed by atoms with Crippen LogP contribution in [0.5, 0.6) is 0 Å². The lowest BCUT2D eigenvalue weighted by Crippen LogP contribution is -2.48. The number of anilines is 1. The molecule has 0 saturated carbocycles. The summed E-state index contributed by atoms with van der Waals surface area (Å²) in [4.78, 5) is 37.5. The van der Waals surface area contributed by atoms with Crippen LogP contribution in [0.4, 0.5) is 5.82 Å². The van der Waals surface area contributed by atoms with Crippen LogP contribution in [-0.2, 0) is 4.79 Å². The first-order valence-corrected chi connectivity index (χ1v) is 5.58. The number of carbonyl (C=O) groups is 1. The summed E-state index contributed by atoms with van der Waals surface area (Å²) in [6.45, 7) is 2.81. The van der Waals surface area contributed by atoms with E-state index >= 15 is 0 Å². The van der Waals surface area contributed by atoms with Gasteiger partial charge in [0.2, 0.25) is 11.7 Å². The minimum Gasteiger partial charge on any atom is -0.355 e. The third kappa shape index (κ3) is 2.94. The highest BCUT2D eigenvalue weighted by atomic mass is 16.2. The highest BCUT2D eigenvalue weighted by Crippen LogP contribution is 1.94. The normalized spacial score (nSPS) is 15.4. The van der Waals surface area contributed by atoms with Crippen molar-refractivity contribution in [3.63, 3.8) is 0 Å². The predicted octanol–water partition coefficient (Wildman–Crippen LogP) is -2.70. The summed E-state index contributed by atoms with van der Waals surface area (Å²) in [5.41, 5.74) is -1.33. The topological polar surface area (TPSA) is 123 Å². The fraction of sp³-hybridized carbons (Fsp3) is 0.556. The van der Waals surface area contributed by atoms with Gasteiger partial charge in [-0.2, -0.15) is 0 Å². The lowest BCUT2D eigenvalue weighted by atomic mass is 10.3. The SMILES string of the molecule is O=C(CNc1n[nH]c(=O)[nH]c1=O)N1CCNCC1. The molecule has 1 aromatic rings. The van der Waals surface area contributed by atoms with Crippen molar-refractivity contribution in [1.29, 1.82) is 0 Å². The van der Waals surface area contributed by atoms with Crippen molar-refractivity contribution in [3.05, 3.63) is 20.8 Å². The summed E-state index contributed by atoms with van der Waals surface area (Å²) in [5.74, 6) is -0.179. The highest BCUT2D eigenvalue weighted by Gasteiger charge is 2.16. The fourth-order valence-electron chi connectivity index (χ4n) is 1.65. The molecule has 1 aromatic heterocycles. The van der Waals surface area contributed by atoms with E-state index in [0.29, 0.717) is 13.1 Å². The van der Waals surface area contributed by atoms with Gasteiger partial charge in [-0.1, -0.05) is 0 Å². The maximum atomic E-state index is 11.8. The minimum atomic E-state index is -0.681. The molecule has 1 amide bonds. The zero-order chi connectivity index (χ0) is 13.0. The molecular weight excluding hydrogens is 240 g/mol. The summed E-state index contributed by atoms with van der Waals surface area (Å²) in [5, 5.41) is 11.3. The van der Waals surface area contributed by atoms with Gasteiger partial charge in [0.05, 0.1) is 6.54 Å². The number of amides is 1. The average molecular weight is 254 g/mol. The Balaban J connectivity index is 1.92. The molecule has 2 heterocycles. The molecule has 0 radical (unpaired) electrons. The van der Waals surface area contributed by atoms with Gasteiger partial charge in [0, 0.05) is 26.2 Å². The smallest absolute Gasteiger partial charge is 0.342 e. The van der Waals surface area contributed by atoms with Crippen molar-refractivity contribution in [1.82, 2.24) is 25.4 Å². The van der Waals surface area contributed by atoms with Crippen LogP contribution in [0.2, 0.25) is 0 Å². The summed E-state index contributed by atoms with van der Waals surface area (Å²) in [6.07, 6.45) is 0. The second-order valence-electron chi connectivity index (χ2n) is 3.84. The Hall–Kier alpha value is -2.16. The van der Waals surface area contributed by atoms with Gasteiger partial charge < -0.3 is 15.5 Å². The molecule has 0 unspecified atom stereocenters. The molecule has 1 aliphatic heterocycles. The average Bonchev–Trinajstić information content (AvgIpc) is 2.38. The van der Waals surface area contributed by atoms with E-state index in [4.69, 9.17) is 0 Å². The van der Waals surface area contributed by atoms with Crippen molar-refractivity contribution >= 4 is 11.7 Å². The molecule has 2 rings (SSSR count). The van der Waals surface area contributed by atoms with E-state index in [1.165, 1.54) is 0 Å².